The largest absolute Gasteiger partial charge is 0.269 e. The van der Waals surface area contributed by atoms with Gasteiger partial charge in [-0.3, -0.25) is 4.70 Å². The van der Waals surface area contributed by atoms with Gasteiger partial charge in [0.1, 0.15) is 0 Å². The number of rotatable bonds is 3. The van der Waals surface area contributed by atoms with Gasteiger partial charge in [0.2, 0.25) is 0 Å². The van der Waals surface area contributed by atoms with Crippen LogP contribution in [0.15, 0.2) is 91.0 Å². The Bertz CT molecular complexity index is 569. The van der Waals surface area contributed by atoms with Crippen LogP contribution in [0.2, 0.25) is 0 Å². The van der Waals surface area contributed by atoms with Gasteiger partial charge in [-0.05, 0) is 16.7 Å². The first kappa shape index (κ1) is 15.4. The summed E-state index contributed by atoms with van der Waals surface area (Å²) in [7, 11) is 3.06. The predicted octanol–water partition coefficient (Wildman–Crippen LogP) is 5.01. The van der Waals surface area contributed by atoms with E-state index in [1.165, 1.54) is 16.7 Å². The second kappa shape index (κ2) is 6.65. The molecule has 0 radical (unpaired) electrons. The highest BCUT2D eigenvalue weighted by Gasteiger charge is 2.30. The fourth-order valence-electron chi connectivity index (χ4n) is 2.60. The minimum atomic E-state index is -0.205. The van der Waals surface area contributed by atoms with Crippen LogP contribution >= 0.6 is 9.24 Å². The van der Waals surface area contributed by atoms with Crippen molar-refractivity contribution in [2.75, 3.05) is 0 Å². The number of benzene rings is 3. The van der Waals surface area contributed by atoms with Gasteiger partial charge in [0.05, 0.1) is 5.16 Å². The fraction of sp³-hybridized carbons (Fsp3) is 0.0526. The minimum Gasteiger partial charge on any atom is -0.269 e. The average molecular weight is 296 g/mol. The van der Waals surface area contributed by atoms with Crippen molar-refractivity contribution in [1.29, 1.82) is 0 Å². The van der Waals surface area contributed by atoms with Crippen molar-refractivity contribution in [3.05, 3.63) is 108 Å². The van der Waals surface area contributed by atoms with Crippen LogP contribution in [0, 0.1) is 0 Å². The van der Waals surface area contributed by atoms with E-state index in [9.17, 15) is 0 Å². The Morgan fingerprint density at radius 1 is 0.476 bits per heavy atom. The molecule has 3 aromatic carbocycles. The van der Waals surface area contributed by atoms with Gasteiger partial charge in [-0.2, -0.15) is 0 Å². The maximum Gasteiger partial charge on any atom is 0.0591 e. The van der Waals surface area contributed by atoms with E-state index in [-0.39, 0.29) is 9.86 Å². The normalized spacial score (nSPS) is 10.7. The van der Waals surface area contributed by atoms with Crippen molar-refractivity contribution in [1.82, 2.24) is 0 Å². The molecule has 0 saturated carbocycles. The summed E-state index contributed by atoms with van der Waals surface area (Å²) in [6, 6.07) is 31.9. The molecular formula is C19H18FP. The molecule has 0 N–H and O–H groups in total. The van der Waals surface area contributed by atoms with Crippen LogP contribution in [0.3, 0.4) is 0 Å². The summed E-state index contributed by atoms with van der Waals surface area (Å²) >= 11 is 0. The first-order valence-electron chi connectivity index (χ1n) is 6.77. The third kappa shape index (κ3) is 2.89. The molecule has 106 valence electrons. The minimum absolute atomic E-state index is 0. The number of hydrogen-bond acceptors (Lipinski definition) is 0. The van der Waals surface area contributed by atoms with Gasteiger partial charge in [0, 0.05) is 0 Å². The van der Waals surface area contributed by atoms with E-state index >= 15 is 0 Å². The second-order valence-corrected chi connectivity index (χ2v) is 5.77. The van der Waals surface area contributed by atoms with Crippen molar-refractivity contribution in [2.45, 2.75) is 5.16 Å². The Hall–Kier alpha value is -1.98. The maximum atomic E-state index is 3.06. The third-order valence-electron chi connectivity index (χ3n) is 3.69. The molecule has 3 rings (SSSR count). The van der Waals surface area contributed by atoms with Gasteiger partial charge in [-0.25, -0.2) is 0 Å². The predicted molar refractivity (Wildman–Crippen MR) is 91.4 cm³/mol. The smallest absolute Gasteiger partial charge is 0.0591 e. The molecule has 0 fully saturated rings. The second-order valence-electron chi connectivity index (χ2n) is 4.91. The first-order valence-corrected chi connectivity index (χ1v) is 7.35. The average Bonchev–Trinajstić information content (AvgIpc) is 2.56. The topological polar surface area (TPSA) is 0 Å². The molecule has 0 saturated heterocycles. The molecular weight excluding hydrogens is 278 g/mol. The zero-order chi connectivity index (χ0) is 13.8. The van der Waals surface area contributed by atoms with E-state index in [0.29, 0.717) is 0 Å². The van der Waals surface area contributed by atoms with Gasteiger partial charge in [0.15, 0.2) is 0 Å². The van der Waals surface area contributed by atoms with E-state index < -0.39 is 0 Å². The van der Waals surface area contributed by atoms with Crippen molar-refractivity contribution < 1.29 is 4.70 Å². The molecule has 0 amide bonds. The molecule has 0 spiro atoms. The summed E-state index contributed by atoms with van der Waals surface area (Å²) < 4.78 is 0. The highest BCUT2D eigenvalue weighted by Crippen LogP contribution is 2.44. The molecule has 1 unspecified atom stereocenters. The molecule has 0 bridgehead atoms. The monoisotopic (exact) mass is 296 g/mol. The van der Waals surface area contributed by atoms with E-state index in [2.05, 4.69) is 100 Å². The lowest BCUT2D eigenvalue weighted by molar-refractivity contribution is 0.897. The van der Waals surface area contributed by atoms with Crippen LogP contribution in [0.5, 0.6) is 0 Å². The summed E-state index contributed by atoms with van der Waals surface area (Å²) in [5.74, 6) is 0. The summed E-state index contributed by atoms with van der Waals surface area (Å²) in [6.45, 7) is 0. The van der Waals surface area contributed by atoms with Crippen LogP contribution in [-0.4, -0.2) is 0 Å². The number of halogens is 1. The Labute approximate surface area is 127 Å². The van der Waals surface area contributed by atoms with Gasteiger partial charge in [0.25, 0.3) is 0 Å². The highest BCUT2D eigenvalue weighted by molar-refractivity contribution is 7.19. The molecule has 0 aliphatic heterocycles. The Kier molecular flexibility index (Phi) is 4.88. The van der Waals surface area contributed by atoms with Gasteiger partial charge >= 0.3 is 0 Å². The fourth-order valence-corrected chi connectivity index (χ4v) is 3.18. The summed E-state index contributed by atoms with van der Waals surface area (Å²) in [6.07, 6.45) is 0. The van der Waals surface area contributed by atoms with Crippen molar-refractivity contribution in [2.24, 2.45) is 0 Å². The molecule has 0 heterocycles. The zero-order valence-electron chi connectivity index (χ0n) is 11.6. The Balaban J connectivity index is 0.00000161. The van der Waals surface area contributed by atoms with E-state index in [4.69, 9.17) is 0 Å². The van der Waals surface area contributed by atoms with E-state index in [1.807, 2.05) is 0 Å². The molecule has 0 aromatic heterocycles. The lowest BCUT2D eigenvalue weighted by Gasteiger charge is -2.31. The van der Waals surface area contributed by atoms with Crippen LogP contribution in [0.1, 0.15) is 16.7 Å². The van der Waals surface area contributed by atoms with Crippen molar-refractivity contribution in [3.8, 4) is 0 Å². The molecule has 1 atom stereocenters. The Morgan fingerprint density at radius 2 is 0.714 bits per heavy atom. The molecule has 21 heavy (non-hydrogen) atoms. The highest BCUT2D eigenvalue weighted by atomic mass is 31.0. The zero-order valence-corrected chi connectivity index (χ0v) is 12.8. The molecule has 0 aliphatic carbocycles. The number of hydrogen-bond donors (Lipinski definition) is 0. The van der Waals surface area contributed by atoms with Crippen LogP contribution in [0.4, 0.5) is 4.70 Å². The van der Waals surface area contributed by atoms with E-state index in [0.717, 1.165) is 0 Å². The molecule has 0 nitrogen and oxygen atoms in total. The van der Waals surface area contributed by atoms with Crippen molar-refractivity contribution in [3.63, 3.8) is 0 Å². The Morgan fingerprint density at radius 3 is 0.952 bits per heavy atom. The third-order valence-corrected chi connectivity index (χ3v) is 4.69. The lowest BCUT2D eigenvalue weighted by atomic mass is 9.84. The molecule has 0 aliphatic rings. The van der Waals surface area contributed by atoms with Gasteiger partial charge in [-0.15, -0.1) is 9.24 Å². The summed E-state index contributed by atoms with van der Waals surface area (Å²) in [5.41, 5.74) is 3.84. The van der Waals surface area contributed by atoms with Crippen LogP contribution in [-0.2, 0) is 5.16 Å². The maximum absolute atomic E-state index is 3.06. The standard InChI is InChI=1S/C19H17P.FH/c20-19(16-10-4-1-5-11-16,17-12-6-2-7-13-17)18-14-8-3-9-15-18;/h1-15H,20H2;1H. The van der Waals surface area contributed by atoms with Crippen molar-refractivity contribution >= 4 is 9.24 Å². The summed E-state index contributed by atoms with van der Waals surface area (Å²) in [4.78, 5) is 0. The first-order chi connectivity index (χ1) is 9.82. The molecule has 3 aromatic rings. The summed E-state index contributed by atoms with van der Waals surface area (Å²) in [5, 5.41) is -0.205. The lowest BCUT2D eigenvalue weighted by Crippen LogP contribution is -2.21. The quantitative estimate of drug-likeness (QED) is 0.471. The van der Waals surface area contributed by atoms with Gasteiger partial charge < -0.3 is 0 Å². The molecule has 2 heteroatoms. The van der Waals surface area contributed by atoms with Gasteiger partial charge in [-0.1, -0.05) is 91.0 Å². The van der Waals surface area contributed by atoms with E-state index in [1.54, 1.807) is 0 Å². The van der Waals surface area contributed by atoms with Crippen LogP contribution < -0.4 is 0 Å². The van der Waals surface area contributed by atoms with Crippen LogP contribution in [0.25, 0.3) is 0 Å². The SMILES string of the molecule is F.PC(c1ccccc1)(c1ccccc1)c1ccccc1.